The highest BCUT2D eigenvalue weighted by molar-refractivity contribution is 6.46. The number of benzene rings is 3. The summed E-state index contributed by atoms with van der Waals surface area (Å²) in [4.78, 5) is 28.0. The number of hydrogen-bond donors (Lipinski definition) is 1. The first kappa shape index (κ1) is 20.4. The normalized spacial score (nSPS) is 13.9. The molecule has 0 aliphatic carbocycles. The molecule has 5 nitrogen and oxygen atoms in total. The Kier molecular flexibility index (Phi) is 5.58. The minimum absolute atomic E-state index is 0.0480. The third-order valence-electron chi connectivity index (χ3n) is 4.90. The molecule has 0 aromatic heterocycles. The minimum Gasteiger partial charge on any atom is -0.491 e. The minimum atomic E-state index is -0.379. The van der Waals surface area contributed by atoms with E-state index in [2.05, 4.69) is 5.32 Å². The average molecular weight is 412 g/mol. The Morgan fingerprint density at radius 2 is 1.55 bits per heavy atom. The molecular formula is C26H24N2O3. The lowest BCUT2D eigenvalue weighted by Gasteiger charge is -2.15. The number of amides is 2. The Hall–Kier alpha value is -3.86. The second-order valence-electron chi connectivity index (χ2n) is 7.72. The first-order valence-corrected chi connectivity index (χ1v) is 10.2. The van der Waals surface area contributed by atoms with Crippen molar-refractivity contribution in [2.75, 3.05) is 10.2 Å². The summed E-state index contributed by atoms with van der Waals surface area (Å²) < 4.78 is 5.71. The summed E-state index contributed by atoms with van der Waals surface area (Å²) in [7, 11) is 0. The smallest absolute Gasteiger partial charge is 0.282 e. The molecule has 5 heteroatoms. The van der Waals surface area contributed by atoms with Gasteiger partial charge in [-0.2, -0.15) is 0 Å². The monoisotopic (exact) mass is 412 g/mol. The highest BCUT2D eigenvalue weighted by Gasteiger charge is 2.40. The molecule has 0 unspecified atom stereocenters. The molecule has 31 heavy (non-hydrogen) atoms. The zero-order chi connectivity index (χ0) is 22.0. The predicted octanol–water partition coefficient (Wildman–Crippen LogP) is 5.18. The Labute approximate surface area is 182 Å². The molecule has 156 valence electrons. The molecule has 2 amide bonds. The fourth-order valence-electron chi connectivity index (χ4n) is 3.56. The maximum atomic E-state index is 13.4. The first-order chi connectivity index (χ1) is 14.9. The lowest BCUT2D eigenvalue weighted by atomic mass is 10.0. The van der Waals surface area contributed by atoms with Crippen LogP contribution in [0.1, 0.15) is 25.0 Å². The predicted molar refractivity (Wildman–Crippen MR) is 123 cm³/mol. The maximum Gasteiger partial charge on any atom is 0.282 e. The molecule has 0 saturated heterocycles. The number of rotatable bonds is 6. The molecule has 0 atom stereocenters. The van der Waals surface area contributed by atoms with Gasteiger partial charge >= 0.3 is 0 Å². The van der Waals surface area contributed by atoms with E-state index in [0.717, 1.165) is 11.3 Å². The quantitative estimate of drug-likeness (QED) is 0.567. The molecular weight excluding hydrogens is 388 g/mol. The zero-order valence-electron chi connectivity index (χ0n) is 17.8. The molecule has 1 aliphatic rings. The molecule has 0 radical (unpaired) electrons. The first-order valence-electron chi connectivity index (χ1n) is 10.2. The van der Waals surface area contributed by atoms with Crippen molar-refractivity contribution in [3.63, 3.8) is 0 Å². The Morgan fingerprint density at radius 3 is 2.19 bits per heavy atom. The Balaban J connectivity index is 1.78. The Bertz CT molecular complexity index is 1150. The molecule has 3 aromatic carbocycles. The molecule has 3 aromatic rings. The fourth-order valence-corrected chi connectivity index (χ4v) is 3.56. The van der Waals surface area contributed by atoms with Crippen LogP contribution in [0.5, 0.6) is 5.75 Å². The van der Waals surface area contributed by atoms with Crippen molar-refractivity contribution in [1.82, 2.24) is 0 Å². The van der Waals surface area contributed by atoms with Crippen LogP contribution < -0.4 is 15.0 Å². The van der Waals surface area contributed by atoms with E-state index in [0.29, 0.717) is 22.6 Å². The molecule has 1 aliphatic heterocycles. The van der Waals surface area contributed by atoms with Gasteiger partial charge in [0.1, 0.15) is 11.4 Å². The van der Waals surface area contributed by atoms with E-state index in [-0.39, 0.29) is 23.6 Å². The highest BCUT2D eigenvalue weighted by atomic mass is 16.5. The van der Waals surface area contributed by atoms with Crippen LogP contribution in [0.4, 0.5) is 11.4 Å². The number of carbonyl (C=O) groups excluding carboxylic acids is 2. The molecule has 0 spiro atoms. The van der Waals surface area contributed by atoms with Crippen molar-refractivity contribution < 1.29 is 14.3 Å². The van der Waals surface area contributed by atoms with Crippen molar-refractivity contribution >= 4 is 28.8 Å². The lowest BCUT2D eigenvalue weighted by molar-refractivity contribution is -0.120. The number of carbonyl (C=O) groups is 2. The summed E-state index contributed by atoms with van der Waals surface area (Å²) in [5.41, 5.74) is 3.60. The van der Waals surface area contributed by atoms with Gasteiger partial charge in [0, 0.05) is 5.69 Å². The fraction of sp³-hybridized carbons (Fsp3) is 0.154. The van der Waals surface area contributed by atoms with E-state index < -0.39 is 0 Å². The van der Waals surface area contributed by atoms with Gasteiger partial charge in [-0.25, -0.2) is 4.90 Å². The number of anilines is 2. The summed E-state index contributed by atoms with van der Waals surface area (Å²) in [6, 6.07) is 23.9. The summed E-state index contributed by atoms with van der Waals surface area (Å²) in [6.07, 6.45) is 0.0480. The van der Waals surface area contributed by atoms with Crippen LogP contribution in [-0.2, 0) is 9.59 Å². The summed E-state index contributed by atoms with van der Waals surface area (Å²) in [6.45, 7) is 5.89. The summed E-state index contributed by atoms with van der Waals surface area (Å²) in [5.74, 6) is -0.0247. The summed E-state index contributed by atoms with van der Waals surface area (Å²) >= 11 is 0. The van der Waals surface area contributed by atoms with E-state index in [4.69, 9.17) is 4.74 Å². The van der Waals surface area contributed by atoms with Gasteiger partial charge in [-0.05, 0) is 68.3 Å². The number of nitrogens with zero attached hydrogens (tertiary/aromatic N) is 1. The van der Waals surface area contributed by atoms with Gasteiger partial charge in [0.15, 0.2) is 0 Å². The number of imide groups is 1. The summed E-state index contributed by atoms with van der Waals surface area (Å²) in [5, 5.41) is 3.19. The van der Waals surface area contributed by atoms with Crippen molar-refractivity contribution in [2.45, 2.75) is 26.9 Å². The number of aryl methyl sites for hydroxylation is 1. The number of ether oxygens (including phenoxy) is 1. The molecule has 0 fully saturated rings. The van der Waals surface area contributed by atoms with E-state index in [1.807, 2.05) is 75.4 Å². The number of hydrogen-bond acceptors (Lipinski definition) is 4. The second kappa shape index (κ2) is 8.48. The zero-order valence-corrected chi connectivity index (χ0v) is 17.8. The number of nitrogens with one attached hydrogen (secondary N) is 1. The SMILES string of the molecule is Cc1cccc(NC2=C(c3ccc(OC(C)C)cc3)C(=O)N(c3ccccc3)C2=O)c1. The van der Waals surface area contributed by atoms with E-state index in [1.54, 1.807) is 24.3 Å². The highest BCUT2D eigenvalue weighted by Crippen LogP contribution is 2.34. The van der Waals surface area contributed by atoms with Crippen molar-refractivity contribution in [1.29, 1.82) is 0 Å². The largest absolute Gasteiger partial charge is 0.491 e. The Morgan fingerprint density at radius 1 is 0.839 bits per heavy atom. The van der Waals surface area contributed by atoms with E-state index in [1.165, 1.54) is 4.90 Å². The third kappa shape index (κ3) is 4.21. The van der Waals surface area contributed by atoms with Gasteiger partial charge in [-0.3, -0.25) is 9.59 Å². The van der Waals surface area contributed by atoms with Crippen molar-refractivity contribution in [3.05, 3.63) is 95.7 Å². The molecule has 0 bridgehead atoms. The van der Waals surface area contributed by atoms with Gasteiger partial charge in [0.25, 0.3) is 11.8 Å². The number of para-hydroxylation sites is 1. The van der Waals surface area contributed by atoms with Crippen LogP contribution in [0.15, 0.2) is 84.6 Å². The van der Waals surface area contributed by atoms with Crippen LogP contribution >= 0.6 is 0 Å². The van der Waals surface area contributed by atoms with Crippen LogP contribution in [0.2, 0.25) is 0 Å². The van der Waals surface area contributed by atoms with Crippen molar-refractivity contribution in [2.24, 2.45) is 0 Å². The molecule has 1 N–H and O–H groups in total. The van der Waals surface area contributed by atoms with Crippen LogP contribution in [-0.4, -0.2) is 17.9 Å². The van der Waals surface area contributed by atoms with Crippen LogP contribution in [0.25, 0.3) is 5.57 Å². The third-order valence-corrected chi connectivity index (χ3v) is 4.90. The second-order valence-corrected chi connectivity index (χ2v) is 7.72. The van der Waals surface area contributed by atoms with E-state index >= 15 is 0 Å². The van der Waals surface area contributed by atoms with Gasteiger partial charge < -0.3 is 10.1 Å². The molecule has 0 saturated carbocycles. The lowest BCUT2D eigenvalue weighted by Crippen LogP contribution is -2.32. The molecule has 1 heterocycles. The van der Waals surface area contributed by atoms with Crippen LogP contribution in [0, 0.1) is 6.92 Å². The standard InChI is InChI=1S/C26H24N2O3/c1-17(2)31-22-14-12-19(13-15-22)23-24(27-20-9-7-8-18(3)16-20)26(30)28(25(23)29)21-10-5-4-6-11-21/h4-17,27H,1-3H3. The van der Waals surface area contributed by atoms with Gasteiger partial charge in [-0.1, -0.05) is 42.5 Å². The average Bonchev–Trinajstić information content (AvgIpc) is 2.98. The van der Waals surface area contributed by atoms with Gasteiger partial charge in [0.05, 0.1) is 17.4 Å². The van der Waals surface area contributed by atoms with Crippen LogP contribution in [0.3, 0.4) is 0 Å². The van der Waals surface area contributed by atoms with Gasteiger partial charge in [-0.15, -0.1) is 0 Å². The van der Waals surface area contributed by atoms with Crippen molar-refractivity contribution in [3.8, 4) is 5.75 Å². The van der Waals surface area contributed by atoms with Gasteiger partial charge in [0.2, 0.25) is 0 Å². The topological polar surface area (TPSA) is 58.6 Å². The molecule has 4 rings (SSSR count). The maximum absolute atomic E-state index is 13.4. The van der Waals surface area contributed by atoms with E-state index in [9.17, 15) is 9.59 Å².